The van der Waals surface area contributed by atoms with Gasteiger partial charge in [-0.1, -0.05) is 103 Å². The maximum Gasteiger partial charge on any atom is 0.0218 e. The number of unbranched alkanes of at least 4 members (excludes halogenated alkanes) is 15. The molecule has 0 aliphatic rings. The Morgan fingerprint density at radius 3 is 1.25 bits per heavy atom. The van der Waals surface area contributed by atoms with Gasteiger partial charge in [0.15, 0.2) is 0 Å². The van der Waals surface area contributed by atoms with Gasteiger partial charge < -0.3 is 5.32 Å². The lowest BCUT2D eigenvalue weighted by atomic mass is 10.0. The van der Waals surface area contributed by atoms with Gasteiger partial charge in [-0.05, 0) is 13.5 Å². The van der Waals surface area contributed by atoms with Gasteiger partial charge in [0, 0.05) is 6.54 Å². The number of hydrogen-bond acceptors (Lipinski definition) is 1. The van der Waals surface area contributed by atoms with Crippen molar-refractivity contribution in [2.45, 2.75) is 110 Å². The summed E-state index contributed by atoms with van der Waals surface area (Å²) in [5.74, 6) is 0. The molecule has 0 aromatic heterocycles. The molecule has 0 amide bonds. The zero-order valence-corrected chi connectivity index (χ0v) is 14.4. The van der Waals surface area contributed by atoms with Crippen molar-refractivity contribution in [1.29, 1.82) is 0 Å². The van der Waals surface area contributed by atoms with Crippen molar-refractivity contribution in [2.75, 3.05) is 7.05 Å². The molecule has 1 radical (unpaired) electrons. The molecular formula is C19H40N. The topological polar surface area (TPSA) is 12.0 Å². The molecule has 1 heteroatoms. The van der Waals surface area contributed by atoms with Crippen LogP contribution in [0.5, 0.6) is 0 Å². The molecule has 0 rings (SSSR count). The summed E-state index contributed by atoms with van der Waals surface area (Å²) in [6.07, 6.45) is 23.0. The van der Waals surface area contributed by atoms with Crippen LogP contribution < -0.4 is 5.32 Å². The first-order valence-corrected chi connectivity index (χ1v) is 9.40. The van der Waals surface area contributed by atoms with Gasteiger partial charge in [-0.3, -0.25) is 0 Å². The first-order chi connectivity index (χ1) is 9.91. The van der Waals surface area contributed by atoms with Gasteiger partial charge in [0.05, 0.1) is 0 Å². The number of nitrogens with one attached hydrogen (secondary N) is 1. The minimum absolute atomic E-state index is 1.23. The van der Waals surface area contributed by atoms with Crippen molar-refractivity contribution in [2.24, 2.45) is 0 Å². The summed E-state index contributed by atoms with van der Waals surface area (Å²) < 4.78 is 0. The third kappa shape index (κ3) is 18.0. The van der Waals surface area contributed by atoms with Crippen molar-refractivity contribution in [3.05, 3.63) is 6.54 Å². The van der Waals surface area contributed by atoms with E-state index in [1.54, 1.807) is 0 Å². The third-order valence-electron chi connectivity index (χ3n) is 4.16. The van der Waals surface area contributed by atoms with Crippen LogP contribution in [0.4, 0.5) is 0 Å². The molecule has 0 bridgehead atoms. The molecule has 0 aromatic rings. The summed E-state index contributed by atoms with van der Waals surface area (Å²) in [5.41, 5.74) is 0. The second-order valence-electron chi connectivity index (χ2n) is 6.23. The van der Waals surface area contributed by atoms with E-state index in [9.17, 15) is 0 Å². The fourth-order valence-electron chi connectivity index (χ4n) is 2.76. The average Bonchev–Trinajstić information content (AvgIpc) is 2.47. The highest BCUT2D eigenvalue weighted by Gasteiger charge is 1.94. The lowest BCUT2D eigenvalue weighted by molar-refractivity contribution is 0.531. The predicted octanol–water partition coefficient (Wildman–Crippen LogP) is 6.63. The van der Waals surface area contributed by atoms with Gasteiger partial charge in [-0.25, -0.2) is 0 Å². The van der Waals surface area contributed by atoms with E-state index in [4.69, 9.17) is 0 Å². The molecule has 0 aliphatic heterocycles. The molecule has 0 heterocycles. The Balaban J connectivity index is 2.89. The Bertz CT molecular complexity index is 138. The molecule has 0 saturated carbocycles. The fraction of sp³-hybridized carbons (Fsp3) is 0.947. The Hall–Kier alpha value is -0.0400. The van der Waals surface area contributed by atoms with Gasteiger partial charge in [-0.2, -0.15) is 0 Å². The first kappa shape index (κ1) is 20.0. The molecular weight excluding hydrogens is 242 g/mol. The standard InChI is InChI=1S/C19H40N/c1-3-4-5-6-7-8-9-10-11-12-13-14-15-16-17-18-19-20-2/h19-20H,3-18H2,1-2H3. The summed E-state index contributed by atoms with van der Waals surface area (Å²) in [4.78, 5) is 0. The maximum absolute atomic E-state index is 3.09. The second-order valence-corrected chi connectivity index (χ2v) is 6.23. The zero-order valence-electron chi connectivity index (χ0n) is 14.4. The van der Waals surface area contributed by atoms with Crippen molar-refractivity contribution in [1.82, 2.24) is 5.32 Å². The molecule has 121 valence electrons. The fourth-order valence-corrected chi connectivity index (χ4v) is 2.76. The van der Waals surface area contributed by atoms with Gasteiger partial charge in [0.25, 0.3) is 0 Å². The van der Waals surface area contributed by atoms with E-state index in [2.05, 4.69) is 18.8 Å². The summed E-state index contributed by atoms with van der Waals surface area (Å²) in [6.45, 7) is 4.46. The van der Waals surface area contributed by atoms with Crippen LogP contribution in [0.15, 0.2) is 0 Å². The van der Waals surface area contributed by atoms with Crippen molar-refractivity contribution in [3.63, 3.8) is 0 Å². The van der Waals surface area contributed by atoms with Crippen molar-refractivity contribution < 1.29 is 0 Å². The van der Waals surface area contributed by atoms with E-state index in [0.29, 0.717) is 0 Å². The van der Waals surface area contributed by atoms with Gasteiger partial charge in [0.1, 0.15) is 0 Å². The molecule has 0 unspecified atom stereocenters. The van der Waals surface area contributed by atoms with Crippen LogP contribution in [0.1, 0.15) is 110 Å². The van der Waals surface area contributed by atoms with Crippen molar-refractivity contribution in [3.8, 4) is 0 Å². The van der Waals surface area contributed by atoms with Gasteiger partial charge in [-0.15, -0.1) is 0 Å². The van der Waals surface area contributed by atoms with Crippen LogP contribution in [0.2, 0.25) is 0 Å². The van der Waals surface area contributed by atoms with Crippen LogP contribution in [0.25, 0.3) is 0 Å². The van der Waals surface area contributed by atoms with Crippen LogP contribution in [-0.2, 0) is 0 Å². The molecule has 0 aliphatic carbocycles. The minimum Gasteiger partial charge on any atom is -0.315 e. The Morgan fingerprint density at radius 2 is 0.900 bits per heavy atom. The Kier molecular flexibility index (Phi) is 18.9. The summed E-state index contributed by atoms with van der Waals surface area (Å²) in [6, 6.07) is 0. The van der Waals surface area contributed by atoms with Gasteiger partial charge in [0.2, 0.25) is 0 Å². The van der Waals surface area contributed by atoms with Crippen molar-refractivity contribution >= 4 is 0 Å². The summed E-state index contributed by atoms with van der Waals surface area (Å²) in [5, 5.41) is 3.09. The highest BCUT2D eigenvalue weighted by Crippen LogP contribution is 2.13. The third-order valence-corrected chi connectivity index (χ3v) is 4.16. The quantitative estimate of drug-likeness (QED) is 0.295. The Labute approximate surface area is 129 Å². The molecule has 0 spiro atoms. The van der Waals surface area contributed by atoms with Crippen LogP contribution in [-0.4, -0.2) is 7.05 Å². The van der Waals surface area contributed by atoms with E-state index in [1.165, 1.54) is 103 Å². The van der Waals surface area contributed by atoms with Crippen LogP contribution in [0, 0.1) is 6.54 Å². The number of hydrogen-bond donors (Lipinski definition) is 1. The molecule has 0 saturated heterocycles. The lowest BCUT2D eigenvalue weighted by Gasteiger charge is -2.03. The van der Waals surface area contributed by atoms with E-state index in [0.717, 1.165) is 0 Å². The Morgan fingerprint density at radius 1 is 0.550 bits per heavy atom. The molecule has 1 N–H and O–H groups in total. The second kappa shape index (κ2) is 19.0. The highest BCUT2D eigenvalue weighted by atomic mass is 14.8. The van der Waals surface area contributed by atoms with E-state index >= 15 is 0 Å². The first-order valence-electron chi connectivity index (χ1n) is 9.40. The van der Waals surface area contributed by atoms with Gasteiger partial charge >= 0.3 is 0 Å². The van der Waals surface area contributed by atoms with Crippen LogP contribution >= 0.6 is 0 Å². The highest BCUT2D eigenvalue weighted by molar-refractivity contribution is 4.57. The molecule has 1 nitrogen and oxygen atoms in total. The predicted molar refractivity (Wildman–Crippen MR) is 92.9 cm³/mol. The molecule has 20 heavy (non-hydrogen) atoms. The summed E-state index contributed by atoms with van der Waals surface area (Å²) in [7, 11) is 1.99. The summed E-state index contributed by atoms with van der Waals surface area (Å²) >= 11 is 0. The van der Waals surface area contributed by atoms with E-state index in [-0.39, 0.29) is 0 Å². The largest absolute Gasteiger partial charge is 0.315 e. The smallest absolute Gasteiger partial charge is 0.0218 e. The molecule has 0 fully saturated rings. The lowest BCUT2D eigenvalue weighted by Crippen LogP contribution is -1.99. The monoisotopic (exact) mass is 282 g/mol. The van der Waals surface area contributed by atoms with E-state index in [1.807, 2.05) is 7.05 Å². The molecule has 0 aromatic carbocycles. The average molecular weight is 283 g/mol. The van der Waals surface area contributed by atoms with Crippen LogP contribution in [0.3, 0.4) is 0 Å². The SMILES string of the molecule is CCCCCCCCCCCCCCCCC[CH]NC. The van der Waals surface area contributed by atoms with E-state index < -0.39 is 0 Å². The molecule has 0 atom stereocenters. The maximum atomic E-state index is 3.09. The zero-order chi connectivity index (χ0) is 14.7. The minimum atomic E-state index is 1.23. The normalized spacial score (nSPS) is 11.1. The number of rotatable bonds is 17.